The van der Waals surface area contributed by atoms with Gasteiger partial charge in [0.2, 0.25) is 0 Å². The molecule has 0 saturated heterocycles. The van der Waals surface area contributed by atoms with Crippen LogP contribution in [-0.2, 0) is 18.5 Å². The highest BCUT2D eigenvalue weighted by atomic mass is 32.1. The molecule has 2 rings (SSSR count). The van der Waals surface area contributed by atoms with Crippen LogP contribution in [0, 0.1) is 5.92 Å². The van der Waals surface area contributed by atoms with Gasteiger partial charge in [0.15, 0.2) is 11.5 Å². The number of nitrogens with zero attached hydrogens (tertiary/aromatic N) is 1. The van der Waals surface area contributed by atoms with Gasteiger partial charge in [-0.1, -0.05) is 40.7 Å². The minimum atomic E-state index is 0.112. The van der Waals surface area contributed by atoms with E-state index in [1.54, 1.807) is 11.3 Å². The third kappa shape index (κ3) is 6.29. The van der Waals surface area contributed by atoms with E-state index in [9.17, 15) is 0 Å². The number of benzene rings is 1. The van der Waals surface area contributed by atoms with E-state index in [4.69, 9.17) is 14.5 Å². The quantitative estimate of drug-likeness (QED) is 0.656. The molecule has 0 amide bonds. The van der Waals surface area contributed by atoms with Crippen molar-refractivity contribution in [1.82, 2.24) is 10.3 Å². The van der Waals surface area contributed by atoms with E-state index in [0.29, 0.717) is 19.1 Å². The lowest BCUT2D eigenvalue weighted by molar-refractivity contribution is 0.248. The molecule has 1 aromatic carbocycles. The molecule has 0 saturated carbocycles. The Morgan fingerprint density at radius 2 is 1.88 bits per heavy atom. The Bertz CT molecular complexity index is 690. The number of thiazole rings is 1. The van der Waals surface area contributed by atoms with Crippen LogP contribution in [0.1, 0.15) is 57.8 Å². The maximum atomic E-state index is 5.86. The fraction of sp³-hybridized carbons (Fsp3) is 0.571. The Hall–Kier alpha value is -1.59. The number of ether oxygens (including phenoxy) is 2. The standard InChI is InChI=1S/C21H32N2O2S/c1-7-24-19-10-16(8-9-18(19)25-13-15(2)3)11-22-12-17-14-26-20(23-17)21(4,5)6/h8-10,14-15,22H,7,11-13H2,1-6H3. The molecule has 1 aromatic heterocycles. The monoisotopic (exact) mass is 376 g/mol. The van der Waals surface area contributed by atoms with Crippen molar-refractivity contribution in [3.63, 3.8) is 0 Å². The molecule has 5 heteroatoms. The maximum absolute atomic E-state index is 5.86. The van der Waals surface area contributed by atoms with Crippen LogP contribution >= 0.6 is 11.3 Å². The Labute approximate surface area is 162 Å². The summed E-state index contributed by atoms with van der Waals surface area (Å²) < 4.78 is 11.6. The summed E-state index contributed by atoms with van der Waals surface area (Å²) >= 11 is 1.73. The zero-order chi connectivity index (χ0) is 19.2. The normalized spacial score (nSPS) is 11.8. The van der Waals surface area contributed by atoms with E-state index in [2.05, 4.69) is 57.4 Å². The summed E-state index contributed by atoms with van der Waals surface area (Å²) in [7, 11) is 0. The van der Waals surface area contributed by atoms with Crippen LogP contribution in [0.2, 0.25) is 0 Å². The number of hydrogen-bond acceptors (Lipinski definition) is 5. The minimum Gasteiger partial charge on any atom is -0.490 e. The first-order valence-electron chi connectivity index (χ1n) is 9.33. The molecule has 0 unspecified atom stereocenters. The van der Waals surface area contributed by atoms with Crippen LogP contribution < -0.4 is 14.8 Å². The van der Waals surface area contributed by atoms with Gasteiger partial charge in [-0.25, -0.2) is 4.98 Å². The summed E-state index contributed by atoms with van der Waals surface area (Å²) in [5.74, 6) is 2.12. The first kappa shape index (κ1) is 20.7. The molecule has 144 valence electrons. The SMILES string of the molecule is CCOc1cc(CNCc2csc(C(C)(C)C)n2)ccc1OCC(C)C. The molecule has 2 aromatic rings. The van der Waals surface area contributed by atoms with Crippen LogP contribution in [0.5, 0.6) is 11.5 Å². The fourth-order valence-corrected chi connectivity index (χ4v) is 3.28. The van der Waals surface area contributed by atoms with Crippen molar-refractivity contribution >= 4 is 11.3 Å². The molecule has 0 aliphatic rings. The van der Waals surface area contributed by atoms with Crippen LogP contribution in [-0.4, -0.2) is 18.2 Å². The highest BCUT2D eigenvalue weighted by Crippen LogP contribution is 2.29. The molecule has 26 heavy (non-hydrogen) atoms. The van der Waals surface area contributed by atoms with Crippen LogP contribution in [0.3, 0.4) is 0 Å². The highest BCUT2D eigenvalue weighted by Gasteiger charge is 2.17. The number of aromatic nitrogens is 1. The number of hydrogen-bond donors (Lipinski definition) is 1. The van der Waals surface area contributed by atoms with Crippen molar-refractivity contribution < 1.29 is 9.47 Å². The molecule has 0 aliphatic carbocycles. The Morgan fingerprint density at radius 3 is 2.50 bits per heavy atom. The van der Waals surface area contributed by atoms with Gasteiger partial charge in [0.1, 0.15) is 0 Å². The molecular weight excluding hydrogens is 344 g/mol. The second-order valence-corrected chi connectivity index (χ2v) is 8.77. The van der Waals surface area contributed by atoms with Crippen LogP contribution in [0.15, 0.2) is 23.6 Å². The largest absolute Gasteiger partial charge is 0.490 e. The molecule has 4 nitrogen and oxygen atoms in total. The first-order chi connectivity index (χ1) is 12.3. The lowest BCUT2D eigenvalue weighted by Crippen LogP contribution is -2.15. The lowest BCUT2D eigenvalue weighted by atomic mass is 9.98. The highest BCUT2D eigenvalue weighted by molar-refractivity contribution is 7.09. The zero-order valence-corrected chi connectivity index (χ0v) is 17.7. The minimum absolute atomic E-state index is 0.112. The summed E-state index contributed by atoms with van der Waals surface area (Å²) in [6, 6.07) is 6.16. The van der Waals surface area contributed by atoms with Gasteiger partial charge in [-0.2, -0.15) is 0 Å². The summed E-state index contributed by atoms with van der Waals surface area (Å²) in [6.45, 7) is 15.7. The number of rotatable bonds is 9. The van der Waals surface area contributed by atoms with Gasteiger partial charge in [0.05, 0.1) is 23.9 Å². The van der Waals surface area contributed by atoms with Crippen molar-refractivity contribution in [2.45, 2.75) is 60.0 Å². The van der Waals surface area contributed by atoms with Crippen LogP contribution in [0.25, 0.3) is 0 Å². The molecule has 0 atom stereocenters. The number of nitrogens with one attached hydrogen (secondary N) is 1. The summed E-state index contributed by atoms with van der Waals surface area (Å²) in [5, 5.41) is 6.79. The van der Waals surface area contributed by atoms with E-state index >= 15 is 0 Å². The molecule has 0 bridgehead atoms. The third-order valence-corrected chi connectivity index (χ3v) is 5.03. The summed E-state index contributed by atoms with van der Waals surface area (Å²) in [5.41, 5.74) is 2.39. The van der Waals surface area contributed by atoms with E-state index in [1.165, 1.54) is 10.6 Å². The van der Waals surface area contributed by atoms with Crippen molar-refractivity contribution in [1.29, 1.82) is 0 Å². The van der Waals surface area contributed by atoms with E-state index in [-0.39, 0.29) is 5.41 Å². The van der Waals surface area contributed by atoms with Gasteiger partial charge in [-0.05, 0) is 30.5 Å². The van der Waals surface area contributed by atoms with Crippen molar-refractivity contribution in [2.24, 2.45) is 5.92 Å². The molecule has 0 aliphatic heterocycles. The Morgan fingerprint density at radius 1 is 1.12 bits per heavy atom. The van der Waals surface area contributed by atoms with Crippen molar-refractivity contribution in [3.8, 4) is 11.5 Å². The second kappa shape index (κ2) is 9.38. The van der Waals surface area contributed by atoms with Crippen molar-refractivity contribution in [2.75, 3.05) is 13.2 Å². The zero-order valence-electron chi connectivity index (χ0n) is 16.9. The van der Waals surface area contributed by atoms with E-state index in [0.717, 1.165) is 30.3 Å². The summed E-state index contributed by atoms with van der Waals surface area (Å²) in [6.07, 6.45) is 0. The topological polar surface area (TPSA) is 43.4 Å². The molecule has 1 heterocycles. The van der Waals surface area contributed by atoms with Gasteiger partial charge in [0.25, 0.3) is 0 Å². The second-order valence-electron chi connectivity index (χ2n) is 7.92. The molecule has 0 spiro atoms. The van der Waals surface area contributed by atoms with Gasteiger partial charge in [-0.15, -0.1) is 11.3 Å². The molecule has 1 N–H and O–H groups in total. The average molecular weight is 377 g/mol. The van der Waals surface area contributed by atoms with Gasteiger partial charge in [-0.3, -0.25) is 0 Å². The van der Waals surface area contributed by atoms with E-state index in [1.807, 2.05) is 13.0 Å². The smallest absolute Gasteiger partial charge is 0.161 e. The molecule has 0 radical (unpaired) electrons. The fourth-order valence-electron chi connectivity index (χ4n) is 2.37. The lowest BCUT2D eigenvalue weighted by Gasteiger charge is -2.15. The van der Waals surface area contributed by atoms with Gasteiger partial charge >= 0.3 is 0 Å². The predicted molar refractivity (Wildman–Crippen MR) is 109 cm³/mol. The average Bonchev–Trinajstić information content (AvgIpc) is 3.03. The third-order valence-electron chi connectivity index (χ3n) is 3.71. The Kier molecular flexibility index (Phi) is 7.47. The summed E-state index contributed by atoms with van der Waals surface area (Å²) in [4.78, 5) is 4.73. The molecular formula is C21H32N2O2S. The van der Waals surface area contributed by atoms with Gasteiger partial charge < -0.3 is 14.8 Å². The maximum Gasteiger partial charge on any atom is 0.161 e. The van der Waals surface area contributed by atoms with Gasteiger partial charge in [0, 0.05) is 23.9 Å². The first-order valence-corrected chi connectivity index (χ1v) is 10.2. The van der Waals surface area contributed by atoms with Crippen LogP contribution in [0.4, 0.5) is 0 Å². The van der Waals surface area contributed by atoms with E-state index < -0.39 is 0 Å². The predicted octanol–water partition coefficient (Wildman–Crippen LogP) is 5.16. The van der Waals surface area contributed by atoms with Crippen molar-refractivity contribution in [3.05, 3.63) is 39.8 Å². The molecule has 0 fully saturated rings. The Balaban J connectivity index is 1.94.